The number of aryl methyl sites for hydroxylation is 1. The van der Waals surface area contributed by atoms with Gasteiger partial charge in [-0.2, -0.15) is 9.97 Å². The number of fused-ring (bicyclic) bond motifs is 3. The Labute approximate surface area is 249 Å². The van der Waals surface area contributed by atoms with Crippen molar-refractivity contribution in [3.8, 4) is 17.3 Å². The second kappa shape index (κ2) is 10.9. The van der Waals surface area contributed by atoms with Crippen LogP contribution in [-0.2, 0) is 6.42 Å². The first-order valence-electron chi connectivity index (χ1n) is 15.3. The van der Waals surface area contributed by atoms with Crippen LogP contribution in [0.25, 0.3) is 32.9 Å². The van der Waals surface area contributed by atoms with E-state index < -0.39 is 12.0 Å². The zero-order valence-corrected chi connectivity index (χ0v) is 24.8. The van der Waals surface area contributed by atoms with Crippen LogP contribution in [0.3, 0.4) is 0 Å². The highest BCUT2D eigenvalue weighted by molar-refractivity contribution is 6.00. The molecule has 3 aliphatic rings. The second-order valence-corrected chi connectivity index (χ2v) is 12.4. The number of anilines is 1. The van der Waals surface area contributed by atoms with Crippen LogP contribution >= 0.6 is 0 Å². The molecule has 0 unspecified atom stereocenters. The number of halogens is 3. The van der Waals surface area contributed by atoms with E-state index in [2.05, 4.69) is 32.0 Å². The molecule has 43 heavy (non-hydrogen) atoms. The van der Waals surface area contributed by atoms with Gasteiger partial charge in [0.2, 0.25) is 0 Å². The van der Waals surface area contributed by atoms with Gasteiger partial charge in [-0.05, 0) is 68.1 Å². The van der Waals surface area contributed by atoms with Gasteiger partial charge in [-0.1, -0.05) is 31.2 Å². The normalized spacial score (nSPS) is 25.6. The first-order valence-corrected chi connectivity index (χ1v) is 15.3. The second-order valence-electron chi connectivity index (χ2n) is 12.4. The molecule has 2 aromatic heterocycles. The van der Waals surface area contributed by atoms with E-state index in [-0.39, 0.29) is 47.3 Å². The maximum atomic E-state index is 16.7. The third-order valence-electron chi connectivity index (χ3n) is 9.89. The number of rotatable bonds is 7. The number of nitrogens with one attached hydrogen (secondary N) is 1. The lowest BCUT2D eigenvalue weighted by molar-refractivity contribution is 0.107. The summed E-state index contributed by atoms with van der Waals surface area (Å²) in [5.41, 5.74) is 0.839. The van der Waals surface area contributed by atoms with E-state index in [1.807, 2.05) is 26.1 Å². The molecule has 0 radical (unpaired) electrons. The van der Waals surface area contributed by atoms with E-state index in [0.717, 1.165) is 37.7 Å². The van der Waals surface area contributed by atoms with E-state index in [9.17, 15) is 8.78 Å². The Bertz CT molecular complexity index is 1700. The molecular formula is C33H37F3N6O. The van der Waals surface area contributed by atoms with Gasteiger partial charge in [0.05, 0.1) is 10.9 Å². The fraction of sp³-hybridized carbons (Fsp3) is 0.485. The molecule has 1 N–H and O–H groups in total. The molecule has 0 spiro atoms. The summed E-state index contributed by atoms with van der Waals surface area (Å²) in [6, 6.07) is 9.06. The molecule has 4 atom stereocenters. The van der Waals surface area contributed by atoms with Crippen LogP contribution in [0.5, 0.6) is 6.01 Å². The van der Waals surface area contributed by atoms with Crippen molar-refractivity contribution < 1.29 is 17.9 Å². The predicted molar refractivity (Wildman–Crippen MR) is 162 cm³/mol. The Morgan fingerprint density at radius 3 is 2.84 bits per heavy atom. The maximum Gasteiger partial charge on any atom is 0.319 e. The average molecular weight is 591 g/mol. The van der Waals surface area contributed by atoms with Crippen LogP contribution in [0.4, 0.5) is 19.0 Å². The molecule has 7 nitrogen and oxygen atoms in total. The zero-order chi connectivity index (χ0) is 29.9. The molecule has 0 bridgehead atoms. The van der Waals surface area contributed by atoms with E-state index in [1.54, 1.807) is 18.3 Å². The number of alkyl halides is 1. The van der Waals surface area contributed by atoms with Gasteiger partial charge in [0.1, 0.15) is 35.6 Å². The van der Waals surface area contributed by atoms with Crippen molar-refractivity contribution in [2.75, 3.05) is 38.2 Å². The molecule has 3 saturated heterocycles. The smallest absolute Gasteiger partial charge is 0.319 e. The monoisotopic (exact) mass is 590 g/mol. The topological polar surface area (TPSA) is 66.4 Å². The van der Waals surface area contributed by atoms with E-state index in [0.29, 0.717) is 47.1 Å². The van der Waals surface area contributed by atoms with Gasteiger partial charge >= 0.3 is 6.01 Å². The minimum absolute atomic E-state index is 0.0609. The summed E-state index contributed by atoms with van der Waals surface area (Å²) < 4.78 is 52.3. The lowest BCUT2D eigenvalue weighted by Crippen LogP contribution is -2.43. The van der Waals surface area contributed by atoms with Crippen molar-refractivity contribution in [2.24, 2.45) is 0 Å². The van der Waals surface area contributed by atoms with Crippen LogP contribution in [0.15, 0.2) is 36.5 Å². The highest BCUT2D eigenvalue weighted by Crippen LogP contribution is 2.41. The summed E-state index contributed by atoms with van der Waals surface area (Å²) in [6.45, 7) is 6.38. The van der Waals surface area contributed by atoms with Crippen LogP contribution in [0.2, 0.25) is 0 Å². The number of aromatic nitrogens is 3. The highest BCUT2D eigenvalue weighted by Gasteiger charge is 2.49. The Hall–Kier alpha value is -3.50. The van der Waals surface area contributed by atoms with Crippen molar-refractivity contribution in [1.29, 1.82) is 0 Å². The Balaban J connectivity index is 1.36. The SMILES string of the molecule is CCc1c(F)ccc2cccc(-c3ncc4c(N(C)[C@@H]5CCN[C@@H]5C)nc(OC[C@@]56CCCN5C[C@H](F)C6)nc4c3F)c12. The average Bonchev–Trinajstić information content (AvgIpc) is 3.69. The number of benzene rings is 2. The quantitative estimate of drug-likeness (QED) is 0.291. The van der Waals surface area contributed by atoms with Gasteiger partial charge in [-0.15, -0.1) is 0 Å². The molecule has 10 heteroatoms. The lowest BCUT2D eigenvalue weighted by atomic mass is 9.95. The van der Waals surface area contributed by atoms with Gasteiger partial charge in [0.25, 0.3) is 0 Å². The Morgan fingerprint density at radius 2 is 2.05 bits per heavy atom. The van der Waals surface area contributed by atoms with Crippen molar-refractivity contribution in [3.05, 3.63) is 53.7 Å². The zero-order valence-electron chi connectivity index (χ0n) is 24.8. The number of pyridine rings is 1. The van der Waals surface area contributed by atoms with E-state index in [4.69, 9.17) is 9.72 Å². The molecule has 226 valence electrons. The summed E-state index contributed by atoms with van der Waals surface area (Å²) in [5.74, 6) is -0.402. The Morgan fingerprint density at radius 1 is 1.19 bits per heavy atom. The number of hydrogen-bond donors (Lipinski definition) is 1. The van der Waals surface area contributed by atoms with Gasteiger partial charge < -0.3 is 15.0 Å². The van der Waals surface area contributed by atoms with Crippen LogP contribution < -0.4 is 15.0 Å². The summed E-state index contributed by atoms with van der Waals surface area (Å²) in [5, 5.41) is 5.41. The highest BCUT2D eigenvalue weighted by atomic mass is 19.1. The van der Waals surface area contributed by atoms with E-state index >= 15 is 4.39 Å². The molecule has 0 amide bonds. The van der Waals surface area contributed by atoms with Crippen LogP contribution in [0, 0.1) is 11.6 Å². The van der Waals surface area contributed by atoms with Crippen molar-refractivity contribution >= 4 is 27.5 Å². The van der Waals surface area contributed by atoms with Gasteiger partial charge in [0, 0.05) is 43.9 Å². The third kappa shape index (κ3) is 4.70. The number of hydrogen-bond acceptors (Lipinski definition) is 7. The number of nitrogens with zero attached hydrogens (tertiary/aromatic N) is 5. The van der Waals surface area contributed by atoms with Gasteiger partial charge in [0.15, 0.2) is 5.82 Å². The molecule has 3 aliphatic heterocycles. The largest absolute Gasteiger partial charge is 0.461 e. The first kappa shape index (κ1) is 28.3. The van der Waals surface area contributed by atoms with Crippen molar-refractivity contribution in [3.63, 3.8) is 0 Å². The number of likely N-dealkylation sites (N-methyl/N-ethyl adjacent to an activating group) is 1. The van der Waals surface area contributed by atoms with Gasteiger partial charge in [-0.3, -0.25) is 9.88 Å². The molecule has 5 heterocycles. The minimum atomic E-state index is -0.885. The van der Waals surface area contributed by atoms with Crippen molar-refractivity contribution in [2.45, 2.75) is 69.7 Å². The summed E-state index contributed by atoms with van der Waals surface area (Å²) in [7, 11) is 1.95. The van der Waals surface area contributed by atoms with Gasteiger partial charge in [-0.25, -0.2) is 13.2 Å². The molecule has 0 aliphatic carbocycles. The fourth-order valence-electron chi connectivity index (χ4n) is 7.69. The lowest BCUT2D eigenvalue weighted by Gasteiger charge is -2.31. The predicted octanol–water partition coefficient (Wildman–Crippen LogP) is 5.83. The standard InChI is InChI=1S/C33H37F3N6O/c1-4-22-25(35)10-9-20-7-5-8-23(27(20)22)29-28(36)30-24(16-38-29)31(41(3)26-11-13-37-19(26)2)40-32(39-30)43-18-33-12-6-14-42(33)17-21(34)15-33/h5,7-10,16,19,21,26,37H,4,6,11-15,17-18H2,1-3H3/t19-,21-,26-,33+/m1/s1. The first-order chi connectivity index (χ1) is 20.8. The fourth-order valence-corrected chi connectivity index (χ4v) is 7.69. The Kier molecular flexibility index (Phi) is 7.16. The number of ether oxygens (including phenoxy) is 1. The molecule has 4 aromatic rings. The van der Waals surface area contributed by atoms with Crippen molar-refractivity contribution in [1.82, 2.24) is 25.2 Å². The van der Waals surface area contributed by atoms with Crippen LogP contribution in [0.1, 0.15) is 45.1 Å². The molecular weight excluding hydrogens is 553 g/mol. The third-order valence-corrected chi connectivity index (χ3v) is 9.89. The maximum absolute atomic E-state index is 16.7. The minimum Gasteiger partial charge on any atom is -0.461 e. The molecule has 7 rings (SSSR count). The molecule has 3 fully saturated rings. The molecule has 2 aromatic carbocycles. The van der Waals surface area contributed by atoms with E-state index in [1.165, 1.54) is 6.07 Å². The summed E-state index contributed by atoms with van der Waals surface area (Å²) in [4.78, 5) is 18.2. The molecule has 0 saturated carbocycles. The summed E-state index contributed by atoms with van der Waals surface area (Å²) in [6.07, 6.45) is 4.34. The summed E-state index contributed by atoms with van der Waals surface area (Å²) >= 11 is 0. The van der Waals surface area contributed by atoms with Crippen LogP contribution in [-0.4, -0.2) is 76.9 Å².